The second-order valence-electron chi connectivity index (χ2n) is 7.49. The summed E-state index contributed by atoms with van der Waals surface area (Å²) >= 11 is 0. The lowest BCUT2D eigenvalue weighted by atomic mass is 9.98. The van der Waals surface area contributed by atoms with Gasteiger partial charge in [-0.05, 0) is 5.56 Å². The number of nitro benzene ring substituents is 1. The van der Waals surface area contributed by atoms with Crippen LogP contribution in [0.1, 0.15) is 0 Å². The van der Waals surface area contributed by atoms with Gasteiger partial charge in [-0.3, -0.25) is 19.7 Å². The van der Waals surface area contributed by atoms with E-state index < -0.39 is 4.92 Å². The average Bonchev–Trinajstić information content (AvgIpc) is 3.25. The lowest BCUT2D eigenvalue weighted by molar-refractivity contribution is -0.384. The molecule has 6 nitrogen and oxygen atoms in total. The van der Waals surface area contributed by atoms with Crippen LogP contribution in [0.3, 0.4) is 0 Å². The van der Waals surface area contributed by atoms with Crippen LogP contribution in [0.2, 0.25) is 0 Å². The van der Waals surface area contributed by atoms with E-state index in [0.717, 1.165) is 0 Å². The fourth-order valence-electron chi connectivity index (χ4n) is 4.53. The van der Waals surface area contributed by atoms with Crippen LogP contribution in [0, 0.1) is 10.1 Å². The number of aromatic nitrogens is 1. The van der Waals surface area contributed by atoms with E-state index in [1.807, 2.05) is 24.3 Å². The van der Waals surface area contributed by atoms with Crippen molar-refractivity contribution in [3.8, 4) is 11.1 Å². The molecule has 5 aromatic carbocycles. The molecule has 6 heteroatoms. The van der Waals surface area contributed by atoms with Crippen molar-refractivity contribution in [1.82, 2.24) is 4.98 Å². The third-order valence-electron chi connectivity index (χ3n) is 5.85. The van der Waals surface area contributed by atoms with Gasteiger partial charge in [-0.15, -0.1) is 0 Å². The average molecular weight is 404 g/mol. The highest BCUT2D eigenvalue weighted by atomic mass is 16.6. The Labute approximate surface area is 173 Å². The fourth-order valence-corrected chi connectivity index (χ4v) is 4.53. The maximum atomic E-state index is 13.4. The van der Waals surface area contributed by atoms with Crippen molar-refractivity contribution in [3.05, 3.63) is 103 Å². The van der Waals surface area contributed by atoms with E-state index in [-0.39, 0.29) is 16.5 Å². The molecule has 31 heavy (non-hydrogen) atoms. The molecule has 6 aromatic rings. The first kappa shape index (κ1) is 17.4. The van der Waals surface area contributed by atoms with Gasteiger partial charge in [0, 0.05) is 39.2 Å². The second-order valence-corrected chi connectivity index (χ2v) is 7.49. The van der Waals surface area contributed by atoms with Crippen LogP contribution < -0.4 is 10.9 Å². The molecule has 0 aliphatic heterocycles. The van der Waals surface area contributed by atoms with Crippen molar-refractivity contribution in [3.63, 3.8) is 0 Å². The van der Waals surface area contributed by atoms with Crippen LogP contribution >= 0.6 is 0 Å². The quantitative estimate of drug-likeness (QED) is 0.303. The van der Waals surface area contributed by atoms with Gasteiger partial charge in [0.15, 0.2) is 10.9 Å². The molecule has 0 unspecified atom stereocenters. The maximum Gasteiger partial charge on any atom is 0.270 e. The Balaban J connectivity index is 1.95. The van der Waals surface area contributed by atoms with Crippen LogP contribution in [0.4, 0.5) is 5.69 Å². The van der Waals surface area contributed by atoms with E-state index in [0.29, 0.717) is 54.5 Å². The molecule has 0 bridgehead atoms. The fraction of sp³-hybridized carbons (Fsp3) is 0. The van der Waals surface area contributed by atoms with Crippen LogP contribution in [0.5, 0.6) is 0 Å². The number of nitrogens with zero attached hydrogens (tertiary/aromatic N) is 2. The van der Waals surface area contributed by atoms with Gasteiger partial charge in [-0.1, -0.05) is 60.7 Å². The molecule has 0 amide bonds. The summed E-state index contributed by atoms with van der Waals surface area (Å²) in [7, 11) is 0. The van der Waals surface area contributed by atoms with Crippen molar-refractivity contribution in [1.29, 1.82) is 0 Å². The number of hydrogen-bond donors (Lipinski definition) is 0. The summed E-state index contributed by atoms with van der Waals surface area (Å²) < 4.78 is 0. The molecular formula is C25H12N2O4. The highest BCUT2D eigenvalue weighted by Gasteiger charge is 2.24. The summed E-state index contributed by atoms with van der Waals surface area (Å²) in [5.74, 6) is 0. The number of non-ortho nitro benzene ring substituents is 1. The summed E-state index contributed by atoms with van der Waals surface area (Å²) in [5, 5.41) is 14.5. The highest BCUT2D eigenvalue weighted by molar-refractivity contribution is 6.24. The summed E-state index contributed by atoms with van der Waals surface area (Å²) in [4.78, 5) is 42.5. The molecular weight excluding hydrogens is 392 g/mol. The van der Waals surface area contributed by atoms with Crippen molar-refractivity contribution in [2.24, 2.45) is 0 Å². The minimum Gasteiger partial charge on any atom is -0.288 e. The molecule has 0 aliphatic rings. The topological polar surface area (TPSA) is 90.2 Å². The smallest absolute Gasteiger partial charge is 0.270 e. The number of benzene rings is 3. The van der Waals surface area contributed by atoms with Gasteiger partial charge in [0.25, 0.3) is 5.69 Å². The summed E-state index contributed by atoms with van der Waals surface area (Å²) in [6.45, 7) is 0. The van der Waals surface area contributed by atoms with Crippen LogP contribution in [0.25, 0.3) is 54.5 Å². The predicted molar refractivity (Wildman–Crippen MR) is 121 cm³/mol. The standard InChI is InChI=1S/C25H12N2O4/c28-24-17-10-3-1-8-15(17)22-20(24)19(13-6-5-7-14(12-13)27(30)31)21-23(26-22)16-9-2-4-11-18(16)25(21)29/h1-12H. The van der Waals surface area contributed by atoms with Crippen LogP contribution in [0.15, 0.2) is 82.4 Å². The summed E-state index contributed by atoms with van der Waals surface area (Å²) in [6, 6.07) is 20.4. The number of hydrogen-bond acceptors (Lipinski definition) is 5. The molecule has 0 spiro atoms. The Morgan fingerprint density at radius 1 is 0.677 bits per heavy atom. The van der Waals surface area contributed by atoms with Gasteiger partial charge in [-0.2, -0.15) is 0 Å². The number of nitro groups is 1. The Morgan fingerprint density at radius 3 is 1.71 bits per heavy atom. The molecule has 1 heterocycles. The van der Waals surface area contributed by atoms with E-state index >= 15 is 0 Å². The first-order valence-electron chi connectivity index (χ1n) is 9.67. The number of rotatable bonds is 2. The SMILES string of the molecule is O=c1c2ccccc2c2nc3c(c(-c4cccc([N+](=O)[O-])c4)c12)c(=O)c1ccccc13. The third kappa shape index (κ3) is 2.24. The maximum absolute atomic E-state index is 13.4. The predicted octanol–water partition coefficient (Wildman–Crippen LogP) is 4.87. The van der Waals surface area contributed by atoms with E-state index in [2.05, 4.69) is 0 Å². The van der Waals surface area contributed by atoms with E-state index in [9.17, 15) is 19.7 Å². The van der Waals surface area contributed by atoms with Crippen molar-refractivity contribution < 1.29 is 4.92 Å². The Morgan fingerprint density at radius 2 is 1.19 bits per heavy atom. The Kier molecular flexibility index (Phi) is 3.38. The molecule has 0 saturated heterocycles. The summed E-state index contributed by atoms with van der Waals surface area (Å²) in [5.41, 5.74) is 1.30. The molecule has 0 radical (unpaired) electrons. The van der Waals surface area contributed by atoms with Gasteiger partial charge in [0.05, 0.1) is 26.7 Å². The third-order valence-corrected chi connectivity index (χ3v) is 5.85. The molecule has 0 atom stereocenters. The molecule has 0 saturated carbocycles. The van der Waals surface area contributed by atoms with E-state index in [4.69, 9.17) is 4.98 Å². The highest BCUT2D eigenvalue weighted by Crippen LogP contribution is 2.39. The van der Waals surface area contributed by atoms with Gasteiger partial charge in [0.2, 0.25) is 0 Å². The van der Waals surface area contributed by atoms with Gasteiger partial charge in [-0.25, -0.2) is 4.98 Å². The minimum absolute atomic E-state index is 0.109. The Hall–Kier alpha value is -4.45. The van der Waals surface area contributed by atoms with Crippen molar-refractivity contribution in [2.45, 2.75) is 0 Å². The van der Waals surface area contributed by atoms with E-state index in [1.165, 1.54) is 12.1 Å². The lowest BCUT2D eigenvalue weighted by Crippen LogP contribution is -2.02. The zero-order valence-corrected chi connectivity index (χ0v) is 16.0. The molecule has 0 N–H and O–H groups in total. The van der Waals surface area contributed by atoms with Crippen molar-refractivity contribution >= 4 is 49.0 Å². The van der Waals surface area contributed by atoms with Crippen LogP contribution in [-0.4, -0.2) is 9.91 Å². The molecule has 0 fully saturated rings. The molecule has 1 aromatic heterocycles. The zero-order valence-electron chi connectivity index (χ0n) is 16.0. The lowest BCUT2D eigenvalue weighted by Gasteiger charge is -2.06. The van der Waals surface area contributed by atoms with E-state index in [1.54, 1.807) is 36.4 Å². The normalized spacial score (nSPS) is 11.7. The second kappa shape index (κ2) is 6.03. The zero-order chi connectivity index (χ0) is 21.3. The minimum atomic E-state index is -0.488. The first-order chi connectivity index (χ1) is 15.1. The molecule has 0 aliphatic carbocycles. The van der Waals surface area contributed by atoms with Crippen molar-refractivity contribution in [2.75, 3.05) is 0 Å². The monoisotopic (exact) mass is 404 g/mol. The van der Waals surface area contributed by atoms with Gasteiger partial charge >= 0.3 is 0 Å². The molecule has 146 valence electrons. The summed E-state index contributed by atoms with van der Waals surface area (Å²) in [6.07, 6.45) is 0. The number of pyridine rings is 1. The van der Waals surface area contributed by atoms with Crippen LogP contribution in [-0.2, 0) is 0 Å². The first-order valence-corrected chi connectivity index (χ1v) is 9.67. The van der Waals surface area contributed by atoms with Gasteiger partial charge < -0.3 is 0 Å². The largest absolute Gasteiger partial charge is 0.288 e. The number of fused-ring (bicyclic) bond motifs is 6. The Bertz CT molecular complexity index is 1710. The van der Waals surface area contributed by atoms with Gasteiger partial charge in [0.1, 0.15) is 0 Å². The molecule has 6 rings (SSSR count).